The molecule has 24 heavy (non-hydrogen) atoms. The first-order valence-electron chi connectivity index (χ1n) is 8.64. The van der Waals surface area contributed by atoms with Crippen LogP contribution in [-0.2, 0) is 6.42 Å². The summed E-state index contributed by atoms with van der Waals surface area (Å²) in [5.74, 6) is 2.00. The van der Waals surface area contributed by atoms with Gasteiger partial charge in [-0.05, 0) is 32.4 Å². The number of likely N-dealkylation sites (tertiary alicyclic amines) is 1. The third-order valence-corrected chi connectivity index (χ3v) is 5.60. The summed E-state index contributed by atoms with van der Waals surface area (Å²) in [6.07, 6.45) is 3.90. The van der Waals surface area contributed by atoms with Gasteiger partial charge in [0.2, 0.25) is 0 Å². The lowest BCUT2D eigenvalue weighted by Crippen LogP contribution is -2.72. The number of hydrogen-bond acceptors (Lipinski definition) is 3. The zero-order chi connectivity index (χ0) is 17.4. The number of aliphatic imine (C=N–C) groups is 1. The molecule has 1 aliphatic rings. The molecular weight excluding hydrogens is 300 g/mol. The van der Waals surface area contributed by atoms with Gasteiger partial charge >= 0.3 is 0 Å². The van der Waals surface area contributed by atoms with Gasteiger partial charge in [-0.25, -0.2) is 0 Å². The minimum Gasteiger partial charge on any atom is -0.356 e. The van der Waals surface area contributed by atoms with Crippen molar-refractivity contribution in [3.63, 3.8) is 0 Å². The van der Waals surface area contributed by atoms with Crippen molar-refractivity contribution in [1.82, 2.24) is 24.8 Å². The quantitative estimate of drug-likeness (QED) is 0.532. The van der Waals surface area contributed by atoms with Gasteiger partial charge in [-0.3, -0.25) is 9.39 Å². The summed E-state index contributed by atoms with van der Waals surface area (Å²) in [6.45, 7) is 11.1. The van der Waals surface area contributed by atoms with E-state index in [1.54, 1.807) is 0 Å². The standard InChI is InChI=1S/C18H28N6/c1-17(2)13-24(18(17,3)4)16(19-5)20-11-8-10-15-22-21-14-9-6-7-12-23(14)15/h6-7,9,12H,8,10-11,13H2,1-5H3,(H,19,20). The first-order valence-corrected chi connectivity index (χ1v) is 8.64. The van der Waals surface area contributed by atoms with Gasteiger partial charge in [-0.15, -0.1) is 10.2 Å². The lowest BCUT2D eigenvalue weighted by molar-refractivity contribution is -0.0667. The Kier molecular flexibility index (Phi) is 4.24. The number of aryl methyl sites for hydroxylation is 1. The second-order valence-corrected chi connectivity index (χ2v) is 7.65. The molecular formula is C18H28N6. The normalized spacial score (nSPS) is 19.4. The molecule has 1 saturated heterocycles. The van der Waals surface area contributed by atoms with E-state index in [0.717, 1.165) is 43.4 Å². The van der Waals surface area contributed by atoms with E-state index in [-0.39, 0.29) is 5.54 Å². The maximum absolute atomic E-state index is 4.45. The monoisotopic (exact) mass is 328 g/mol. The van der Waals surface area contributed by atoms with Gasteiger partial charge in [-0.2, -0.15) is 0 Å². The van der Waals surface area contributed by atoms with Crippen molar-refractivity contribution in [3.8, 4) is 0 Å². The summed E-state index contributed by atoms with van der Waals surface area (Å²) in [6, 6.07) is 5.97. The van der Waals surface area contributed by atoms with Crippen molar-refractivity contribution in [3.05, 3.63) is 30.2 Å². The Bertz CT molecular complexity index is 743. The second kappa shape index (κ2) is 6.07. The molecule has 0 amide bonds. The van der Waals surface area contributed by atoms with Crippen LogP contribution in [0.3, 0.4) is 0 Å². The number of guanidine groups is 1. The van der Waals surface area contributed by atoms with E-state index in [9.17, 15) is 0 Å². The molecule has 0 saturated carbocycles. The summed E-state index contributed by atoms with van der Waals surface area (Å²) in [4.78, 5) is 6.81. The van der Waals surface area contributed by atoms with Gasteiger partial charge < -0.3 is 10.2 Å². The van der Waals surface area contributed by atoms with E-state index in [2.05, 4.69) is 57.5 Å². The maximum Gasteiger partial charge on any atom is 0.194 e. The number of hydrogen-bond donors (Lipinski definition) is 1. The van der Waals surface area contributed by atoms with Crippen LogP contribution in [0.2, 0.25) is 0 Å². The summed E-state index contributed by atoms with van der Waals surface area (Å²) < 4.78 is 2.05. The third kappa shape index (κ3) is 2.74. The van der Waals surface area contributed by atoms with Crippen molar-refractivity contribution >= 4 is 11.6 Å². The third-order valence-electron chi connectivity index (χ3n) is 5.60. The van der Waals surface area contributed by atoms with Gasteiger partial charge in [0, 0.05) is 43.7 Å². The van der Waals surface area contributed by atoms with Crippen LogP contribution in [0.4, 0.5) is 0 Å². The topological polar surface area (TPSA) is 57.8 Å². The zero-order valence-electron chi connectivity index (χ0n) is 15.4. The van der Waals surface area contributed by atoms with E-state index in [1.807, 2.05) is 31.4 Å². The van der Waals surface area contributed by atoms with Crippen LogP contribution in [0, 0.1) is 5.41 Å². The van der Waals surface area contributed by atoms with E-state index in [4.69, 9.17) is 0 Å². The fourth-order valence-corrected chi connectivity index (χ4v) is 3.20. The molecule has 2 aromatic rings. The van der Waals surface area contributed by atoms with E-state index >= 15 is 0 Å². The van der Waals surface area contributed by atoms with E-state index < -0.39 is 0 Å². The summed E-state index contributed by atoms with van der Waals surface area (Å²) >= 11 is 0. The minimum absolute atomic E-state index is 0.123. The zero-order valence-corrected chi connectivity index (χ0v) is 15.4. The predicted molar refractivity (Wildman–Crippen MR) is 97.2 cm³/mol. The number of pyridine rings is 1. The van der Waals surface area contributed by atoms with Crippen molar-refractivity contribution in [2.45, 2.75) is 46.1 Å². The highest BCUT2D eigenvalue weighted by Gasteiger charge is 2.53. The lowest BCUT2D eigenvalue weighted by Gasteiger charge is -2.62. The molecule has 130 valence electrons. The molecule has 0 spiro atoms. The first-order chi connectivity index (χ1) is 11.4. The maximum atomic E-state index is 4.45. The van der Waals surface area contributed by atoms with Crippen LogP contribution in [0.25, 0.3) is 5.65 Å². The van der Waals surface area contributed by atoms with Gasteiger partial charge in [0.15, 0.2) is 11.6 Å². The van der Waals surface area contributed by atoms with E-state index in [1.165, 1.54) is 0 Å². The smallest absolute Gasteiger partial charge is 0.194 e. The fraction of sp³-hybridized carbons (Fsp3) is 0.611. The van der Waals surface area contributed by atoms with Gasteiger partial charge in [0.25, 0.3) is 0 Å². The highest BCUT2D eigenvalue weighted by atomic mass is 15.4. The highest BCUT2D eigenvalue weighted by Crippen LogP contribution is 2.46. The molecule has 3 heterocycles. The largest absolute Gasteiger partial charge is 0.356 e. The van der Waals surface area contributed by atoms with Crippen LogP contribution in [0.1, 0.15) is 39.9 Å². The Morgan fingerprint density at radius 2 is 2.04 bits per heavy atom. The van der Waals surface area contributed by atoms with Gasteiger partial charge in [0.1, 0.15) is 5.82 Å². The van der Waals surface area contributed by atoms with Crippen molar-refractivity contribution in [2.75, 3.05) is 20.1 Å². The molecule has 1 aliphatic heterocycles. The molecule has 3 rings (SSSR count). The van der Waals surface area contributed by atoms with Gasteiger partial charge in [-0.1, -0.05) is 19.9 Å². The summed E-state index contributed by atoms with van der Waals surface area (Å²) in [5.41, 5.74) is 1.34. The summed E-state index contributed by atoms with van der Waals surface area (Å²) in [7, 11) is 1.86. The van der Waals surface area contributed by atoms with Crippen molar-refractivity contribution < 1.29 is 0 Å². The SMILES string of the molecule is CN=C(NCCCc1nnc2ccccn12)N1CC(C)(C)C1(C)C. The predicted octanol–water partition coefficient (Wildman–Crippen LogP) is 2.36. The number of rotatable bonds is 4. The van der Waals surface area contributed by atoms with Crippen LogP contribution >= 0.6 is 0 Å². The second-order valence-electron chi connectivity index (χ2n) is 7.65. The molecule has 0 aromatic carbocycles. The van der Waals surface area contributed by atoms with Crippen LogP contribution < -0.4 is 5.32 Å². The highest BCUT2D eigenvalue weighted by molar-refractivity contribution is 5.81. The molecule has 0 aliphatic carbocycles. The Morgan fingerprint density at radius 1 is 1.25 bits per heavy atom. The average Bonchev–Trinajstić information content (AvgIpc) is 2.97. The molecule has 0 radical (unpaired) electrons. The van der Waals surface area contributed by atoms with E-state index in [0.29, 0.717) is 5.41 Å². The number of fused-ring (bicyclic) bond motifs is 1. The number of nitrogens with one attached hydrogen (secondary N) is 1. The Hall–Kier alpha value is -2.11. The van der Waals surface area contributed by atoms with Crippen molar-refractivity contribution in [1.29, 1.82) is 0 Å². The Morgan fingerprint density at radius 3 is 2.71 bits per heavy atom. The average molecular weight is 328 g/mol. The lowest BCUT2D eigenvalue weighted by atomic mass is 9.65. The first kappa shape index (κ1) is 16.7. The molecule has 1 N–H and O–H groups in total. The molecule has 0 bridgehead atoms. The van der Waals surface area contributed by atoms with Crippen LogP contribution in [-0.4, -0.2) is 51.1 Å². The van der Waals surface area contributed by atoms with Crippen LogP contribution in [0.15, 0.2) is 29.4 Å². The molecule has 0 atom stereocenters. The number of nitrogens with zero attached hydrogens (tertiary/aromatic N) is 5. The summed E-state index contributed by atoms with van der Waals surface area (Å²) in [5, 5.41) is 12.0. The molecule has 6 heteroatoms. The molecule has 0 unspecified atom stereocenters. The number of aromatic nitrogens is 3. The molecule has 1 fully saturated rings. The fourth-order valence-electron chi connectivity index (χ4n) is 3.20. The molecule has 2 aromatic heterocycles. The molecule has 6 nitrogen and oxygen atoms in total. The van der Waals surface area contributed by atoms with Crippen LogP contribution in [0.5, 0.6) is 0 Å². The van der Waals surface area contributed by atoms with Gasteiger partial charge in [0.05, 0.1) is 0 Å². The Balaban J connectivity index is 1.53. The minimum atomic E-state index is 0.123. The Labute approximate surface area is 144 Å². The van der Waals surface area contributed by atoms with Crippen molar-refractivity contribution in [2.24, 2.45) is 10.4 Å².